The Balaban J connectivity index is 2.09. The first kappa shape index (κ1) is 15.6. The average Bonchev–Trinajstić information content (AvgIpc) is 3.02. The third-order valence-electron chi connectivity index (χ3n) is 2.78. The van der Waals surface area contributed by atoms with Crippen LogP contribution < -0.4 is 16.4 Å². The molecule has 0 atom stereocenters. The first-order valence-electron chi connectivity index (χ1n) is 6.09. The maximum Gasteiger partial charge on any atom is 0.263 e. The molecular weight excluding hydrogens is 328 g/mol. The summed E-state index contributed by atoms with van der Waals surface area (Å²) in [6, 6.07) is 5.87. The highest BCUT2D eigenvalue weighted by atomic mass is 35.5. The summed E-state index contributed by atoms with van der Waals surface area (Å²) in [7, 11) is 1.53. The molecule has 4 N–H and O–H groups in total. The maximum absolute atomic E-state index is 11.7. The molecule has 21 heavy (non-hydrogen) atoms. The summed E-state index contributed by atoms with van der Waals surface area (Å²) >= 11 is 8.59. The van der Waals surface area contributed by atoms with Gasteiger partial charge in [0.15, 0.2) is 0 Å². The van der Waals surface area contributed by atoms with E-state index in [1.54, 1.807) is 0 Å². The lowest BCUT2D eigenvalue weighted by atomic mass is 10.2. The van der Waals surface area contributed by atoms with Crippen LogP contribution >= 0.6 is 34.3 Å². The molecule has 2 aromatic heterocycles. The van der Waals surface area contributed by atoms with E-state index in [1.807, 2.05) is 18.2 Å². The zero-order valence-corrected chi connectivity index (χ0v) is 13.6. The summed E-state index contributed by atoms with van der Waals surface area (Å²) in [5.74, 6) is -0.285. The van der Waals surface area contributed by atoms with Crippen LogP contribution in [0, 0.1) is 11.3 Å². The normalized spacial score (nSPS) is 10.1. The van der Waals surface area contributed by atoms with Crippen molar-refractivity contribution in [3.05, 3.63) is 31.8 Å². The zero-order chi connectivity index (χ0) is 15.4. The molecule has 2 aromatic rings. The van der Waals surface area contributed by atoms with E-state index in [0.29, 0.717) is 22.0 Å². The van der Waals surface area contributed by atoms with Crippen LogP contribution in [0.3, 0.4) is 0 Å². The van der Waals surface area contributed by atoms with E-state index in [4.69, 9.17) is 17.3 Å². The maximum atomic E-state index is 11.7. The van der Waals surface area contributed by atoms with Crippen molar-refractivity contribution >= 4 is 50.9 Å². The van der Waals surface area contributed by atoms with Crippen molar-refractivity contribution in [2.75, 3.05) is 24.6 Å². The van der Waals surface area contributed by atoms with E-state index in [2.05, 4.69) is 10.6 Å². The molecule has 0 saturated heterocycles. The fourth-order valence-electron chi connectivity index (χ4n) is 1.75. The molecule has 0 aliphatic rings. The summed E-state index contributed by atoms with van der Waals surface area (Å²) in [5, 5.41) is 15.5. The number of anilines is 2. The summed E-state index contributed by atoms with van der Waals surface area (Å²) in [5.41, 5.74) is 6.40. The van der Waals surface area contributed by atoms with Gasteiger partial charge in [0.1, 0.15) is 21.5 Å². The van der Waals surface area contributed by atoms with Gasteiger partial charge in [-0.05, 0) is 18.6 Å². The minimum absolute atomic E-state index is 0.225. The number of nitriles is 1. The van der Waals surface area contributed by atoms with E-state index in [-0.39, 0.29) is 11.6 Å². The molecule has 2 heterocycles. The van der Waals surface area contributed by atoms with Crippen LogP contribution in [0.15, 0.2) is 12.1 Å². The van der Waals surface area contributed by atoms with Crippen molar-refractivity contribution in [1.82, 2.24) is 5.32 Å². The number of nitrogens with zero attached hydrogens (tertiary/aromatic N) is 1. The summed E-state index contributed by atoms with van der Waals surface area (Å²) in [6.07, 6.45) is 0.787. The van der Waals surface area contributed by atoms with Gasteiger partial charge in [-0.2, -0.15) is 5.26 Å². The van der Waals surface area contributed by atoms with Gasteiger partial charge in [-0.3, -0.25) is 4.79 Å². The zero-order valence-electron chi connectivity index (χ0n) is 11.2. The van der Waals surface area contributed by atoms with Gasteiger partial charge >= 0.3 is 0 Å². The van der Waals surface area contributed by atoms with Crippen molar-refractivity contribution in [2.45, 2.75) is 6.42 Å². The fraction of sp³-hybridized carbons (Fsp3) is 0.231. The van der Waals surface area contributed by atoms with Crippen molar-refractivity contribution in [1.29, 1.82) is 5.26 Å². The van der Waals surface area contributed by atoms with Gasteiger partial charge in [0, 0.05) is 18.5 Å². The Labute approximate surface area is 135 Å². The van der Waals surface area contributed by atoms with Crippen LogP contribution in [0.25, 0.3) is 0 Å². The highest BCUT2D eigenvalue weighted by Crippen LogP contribution is 2.35. The number of nitrogens with one attached hydrogen (secondary N) is 2. The van der Waals surface area contributed by atoms with Crippen molar-refractivity contribution in [3.8, 4) is 6.07 Å². The van der Waals surface area contributed by atoms with Crippen LogP contribution in [-0.4, -0.2) is 19.5 Å². The number of amides is 1. The lowest BCUT2D eigenvalue weighted by Crippen LogP contribution is -2.17. The Morgan fingerprint density at radius 2 is 2.24 bits per heavy atom. The number of carbonyl (C=O) groups excluding carboxylic acids is 1. The SMILES string of the molecule is CNC(=O)c1sc(NCCc2ccc(Cl)s2)c(C#N)c1N. The van der Waals surface area contributed by atoms with Crippen molar-refractivity contribution in [3.63, 3.8) is 0 Å². The minimum atomic E-state index is -0.285. The smallest absolute Gasteiger partial charge is 0.263 e. The molecule has 0 aliphatic carbocycles. The molecule has 5 nitrogen and oxygen atoms in total. The Morgan fingerprint density at radius 1 is 1.48 bits per heavy atom. The van der Waals surface area contributed by atoms with Gasteiger partial charge in [0.2, 0.25) is 0 Å². The minimum Gasteiger partial charge on any atom is -0.396 e. The first-order chi connectivity index (χ1) is 10.1. The third-order valence-corrected chi connectivity index (χ3v) is 5.23. The summed E-state index contributed by atoms with van der Waals surface area (Å²) < 4.78 is 0.755. The third kappa shape index (κ3) is 3.47. The number of thiophene rings is 2. The Bertz CT molecular complexity index is 702. The van der Waals surface area contributed by atoms with E-state index < -0.39 is 0 Å². The van der Waals surface area contributed by atoms with E-state index in [0.717, 1.165) is 15.6 Å². The van der Waals surface area contributed by atoms with Gasteiger partial charge in [-0.1, -0.05) is 11.6 Å². The average molecular weight is 341 g/mol. The number of rotatable bonds is 5. The molecule has 8 heteroatoms. The second-order valence-electron chi connectivity index (χ2n) is 4.12. The number of hydrogen-bond acceptors (Lipinski definition) is 6. The molecule has 110 valence electrons. The van der Waals surface area contributed by atoms with Gasteiger partial charge in [0.25, 0.3) is 5.91 Å². The lowest BCUT2D eigenvalue weighted by Gasteiger charge is -2.02. The predicted molar refractivity (Wildman–Crippen MR) is 88.4 cm³/mol. The molecule has 1 amide bonds. The standard InChI is InChI=1S/C13H13ClN4OS2/c1-17-12(19)11-10(16)8(6-15)13(21-11)18-5-4-7-2-3-9(14)20-7/h2-3,18H,4-5,16H2,1H3,(H,17,19). The second-order valence-corrected chi connectivity index (χ2v) is 6.94. The fourth-order valence-corrected chi connectivity index (χ4v) is 3.88. The first-order valence-corrected chi connectivity index (χ1v) is 8.10. The molecule has 0 saturated carbocycles. The summed E-state index contributed by atoms with van der Waals surface area (Å²) in [4.78, 5) is 13.2. The van der Waals surface area contributed by atoms with Crippen LogP contribution in [0.2, 0.25) is 4.34 Å². The number of hydrogen-bond donors (Lipinski definition) is 3. The lowest BCUT2D eigenvalue weighted by molar-refractivity contribution is 0.0968. The Kier molecular flexibility index (Phi) is 5.07. The molecule has 0 aliphatic heterocycles. The van der Waals surface area contributed by atoms with Crippen LogP contribution in [0.5, 0.6) is 0 Å². The quantitative estimate of drug-likeness (QED) is 0.780. The molecule has 0 spiro atoms. The number of halogens is 1. The van der Waals surface area contributed by atoms with E-state index >= 15 is 0 Å². The van der Waals surface area contributed by atoms with Crippen LogP contribution in [0.4, 0.5) is 10.7 Å². The molecular formula is C13H13ClN4OS2. The van der Waals surface area contributed by atoms with Crippen LogP contribution in [-0.2, 0) is 6.42 Å². The molecule has 0 aromatic carbocycles. The number of nitrogens with two attached hydrogens (primary N) is 1. The predicted octanol–water partition coefficient (Wildman–Crippen LogP) is 2.93. The Morgan fingerprint density at radius 3 is 2.81 bits per heavy atom. The number of nitrogen functional groups attached to an aromatic ring is 1. The molecule has 0 radical (unpaired) electrons. The topological polar surface area (TPSA) is 90.9 Å². The van der Waals surface area contributed by atoms with Crippen molar-refractivity contribution in [2.24, 2.45) is 0 Å². The van der Waals surface area contributed by atoms with Crippen LogP contribution in [0.1, 0.15) is 20.1 Å². The highest BCUT2D eigenvalue weighted by Gasteiger charge is 2.20. The number of carbonyl (C=O) groups is 1. The van der Waals surface area contributed by atoms with Gasteiger partial charge in [0.05, 0.1) is 10.0 Å². The second kappa shape index (κ2) is 6.80. The molecule has 0 fully saturated rings. The van der Waals surface area contributed by atoms with E-state index in [1.165, 1.54) is 29.7 Å². The highest BCUT2D eigenvalue weighted by molar-refractivity contribution is 7.19. The largest absolute Gasteiger partial charge is 0.396 e. The van der Waals surface area contributed by atoms with Gasteiger partial charge < -0.3 is 16.4 Å². The molecule has 0 unspecified atom stereocenters. The van der Waals surface area contributed by atoms with E-state index in [9.17, 15) is 10.1 Å². The van der Waals surface area contributed by atoms with Gasteiger partial charge in [-0.25, -0.2) is 0 Å². The molecule has 0 bridgehead atoms. The van der Waals surface area contributed by atoms with Crippen molar-refractivity contribution < 1.29 is 4.79 Å². The monoisotopic (exact) mass is 340 g/mol. The molecule has 2 rings (SSSR count). The van der Waals surface area contributed by atoms with Gasteiger partial charge in [-0.15, -0.1) is 22.7 Å². The summed E-state index contributed by atoms with van der Waals surface area (Å²) in [6.45, 7) is 0.638. The Hall–Kier alpha value is -1.75.